The number of hydrogen-bond donors (Lipinski definition) is 1. The normalized spacial score (nSPS) is 11.6. The topological polar surface area (TPSA) is 84.9 Å². The molecular weight excluding hydrogens is 521 g/mol. The molecule has 0 unspecified atom stereocenters. The number of carbonyl (C=O) groups is 1. The molecule has 3 aromatic carbocycles. The molecule has 192 valence electrons. The molecule has 0 aliphatic heterocycles. The molecular formula is C24H22ClF3N2O5S. The van der Waals surface area contributed by atoms with Crippen LogP contribution >= 0.6 is 11.6 Å². The van der Waals surface area contributed by atoms with Gasteiger partial charge in [0.1, 0.15) is 6.54 Å². The van der Waals surface area contributed by atoms with Gasteiger partial charge in [-0.1, -0.05) is 29.3 Å². The number of nitrogens with zero attached hydrogens (tertiary/aromatic N) is 1. The van der Waals surface area contributed by atoms with E-state index in [0.717, 1.165) is 15.9 Å². The number of nitrogens with one attached hydrogen (secondary N) is 1. The standard InChI is InChI=1S/C24H22ClF3N2O5S/c1-15-4-8-18(9-5-15)36(32,33)30(17-7-11-21(34-2)22(13-17)35-3)14-23(31)29-16-6-10-20(25)19(12-16)24(26,27)28/h4-13H,14H2,1-3H3,(H,29,31). The van der Waals surface area contributed by atoms with Gasteiger partial charge < -0.3 is 14.8 Å². The number of carbonyl (C=O) groups excluding carboxylic acids is 1. The van der Waals surface area contributed by atoms with Crippen molar-refractivity contribution in [3.05, 3.63) is 76.8 Å². The number of anilines is 2. The third-order valence-electron chi connectivity index (χ3n) is 5.11. The summed E-state index contributed by atoms with van der Waals surface area (Å²) in [6, 6.07) is 13.1. The molecule has 1 amide bonds. The van der Waals surface area contributed by atoms with Crippen molar-refractivity contribution >= 4 is 38.9 Å². The van der Waals surface area contributed by atoms with E-state index in [1.807, 2.05) is 0 Å². The van der Waals surface area contributed by atoms with E-state index in [-0.39, 0.29) is 22.0 Å². The van der Waals surface area contributed by atoms with Crippen molar-refractivity contribution in [1.29, 1.82) is 0 Å². The van der Waals surface area contributed by atoms with Gasteiger partial charge in [-0.3, -0.25) is 9.10 Å². The van der Waals surface area contributed by atoms with Crippen LogP contribution in [0.4, 0.5) is 24.5 Å². The van der Waals surface area contributed by atoms with Gasteiger partial charge in [0.15, 0.2) is 11.5 Å². The van der Waals surface area contributed by atoms with E-state index in [2.05, 4.69) is 5.32 Å². The van der Waals surface area contributed by atoms with Crippen molar-refractivity contribution in [3.63, 3.8) is 0 Å². The van der Waals surface area contributed by atoms with Gasteiger partial charge in [-0.25, -0.2) is 8.42 Å². The first kappa shape index (κ1) is 27.2. The van der Waals surface area contributed by atoms with E-state index in [0.29, 0.717) is 11.8 Å². The van der Waals surface area contributed by atoms with E-state index in [1.165, 1.54) is 50.6 Å². The first-order valence-electron chi connectivity index (χ1n) is 10.3. The van der Waals surface area contributed by atoms with Crippen molar-refractivity contribution in [3.8, 4) is 11.5 Å². The largest absolute Gasteiger partial charge is 0.493 e. The van der Waals surface area contributed by atoms with Crippen LogP contribution in [0.3, 0.4) is 0 Å². The van der Waals surface area contributed by atoms with Crippen LogP contribution in [0.2, 0.25) is 5.02 Å². The Labute approximate surface area is 211 Å². The Balaban J connectivity index is 2.00. The van der Waals surface area contributed by atoms with Crippen molar-refractivity contribution < 1.29 is 35.9 Å². The predicted molar refractivity (Wildman–Crippen MR) is 130 cm³/mol. The Bertz CT molecular complexity index is 1360. The zero-order valence-corrected chi connectivity index (χ0v) is 21.0. The van der Waals surface area contributed by atoms with Gasteiger partial charge in [0.05, 0.1) is 35.4 Å². The van der Waals surface area contributed by atoms with Crippen molar-refractivity contribution in [1.82, 2.24) is 0 Å². The first-order chi connectivity index (χ1) is 16.9. The Kier molecular flexibility index (Phi) is 8.05. The van der Waals surface area contributed by atoms with Gasteiger partial charge in [-0.05, 0) is 49.4 Å². The number of rotatable bonds is 8. The van der Waals surface area contributed by atoms with Gasteiger partial charge in [-0.2, -0.15) is 13.2 Å². The quantitative estimate of drug-likeness (QED) is 0.405. The lowest BCUT2D eigenvalue weighted by atomic mass is 10.2. The third kappa shape index (κ3) is 6.03. The molecule has 36 heavy (non-hydrogen) atoms. The molecule has 0 atom stereocenters. The summed E-state index contributed by atoms with van der Waals surface area (Å²) in [7, 11) is -1.49. The minimum absolute atomic E-state index is 0.0791. The SMILES string of the molecule is COc1ccc(N(CC(=O)Nc2ccc(Cl)c(C(F)(F)F)c2)S(=O)(=O)c2ccc(C)cc2)cc1OC. The molecule has 7 nitrogen and oxygen atoms in total. The summed E-state index contributed by atoms with van der Waals surface area (Å²) in [4.78, 5) is 12.8. The fourth-order valence-corrected chi connectivity index (χ4v) is 4.92. The Morgan fingerprint density at radius 3 is 2.19 bits per heavy atom. The highest BCUT2D eigenvalue weighted by molar-refractivity contribution is 7.92. The number of amides is 1. The zero-order chi connectivity index (χ0) is 26.7. The second-order valence-electron chi connectivity index (χ2n) is 7.60. The molecule has 0 radical (unpaired) electrons. The predicted octanol–water partition coefficient (Wildman–Crippen LogP) is 5.52. The zero-order valence-electron chi connectivity index (χ0n) is 19.4. The summed E-state index contributed by atoms with van der Waals surface area (Å²) < 4.78 is 77.9. The summed E-state index contributed by atoms with van der Waals surface area (Å²) in [5.41, 5.74) is -0.425. The average molecular weight is 543 g/mol. The molecule has 0 aliphatic carbocycles. The summed E-state index contributed by atoms with van der Waals surface area (Å²) >= 11 is 5.63. The highest BCUT2D eigenvalue weighted by Crippen LogP contribution is 2.37. The summed E-state index contributed by atoms with van der Waals surface area (Å²) in [6.45, 7) is 1.05. The maximum absolute atomic E-state index is 13.5. The van der Waals surface area contributed by atoms with Gasteiger partial charge >= 0.3 is 6.18 Å². The molecule has 0 bridgehead atoms. The lowest BCUT2D eigenvalue weighted by Gasteiger charge is -2.25. The monoisotopic (exact) mass is 542 g/mol. The van der Waals surface area contributed by atoms with Gasteiger partial charge in [0, 0.05) is 11.8 Å². The molecule has 0 aromatic heterocycles. The maximum atomic E-state index is 13.5. The van der Waals surface area contributed by atoms with Crippen LogP contribution in [0.5, 0.6) is 11.5 Å². The molecule has 0 spiro atoms. The van der Waals surface area contributed by atoms with Gasteiger partial charge in [0.25, 0.3) is 10.0 Å². The van der Waals surface area contributed by atoms with Crippen molar-refractivity contribution in [2.24, 2.45) is 0 Å². The Morgan fingerprint density at radius 2 is 1.61 bits per heavy atom. The highest BCUT2D eigenvalue weighted by Gasteiger charge is 2.34. The number of ether oxygens (including phenoxy) is 2. The molecule has 0 aliphatic rings. The fourth-order valence-electron chi connectivity index (χ4n) is 3.28. The smallest absolute Gasteiger partial charge is 0.417 e. The van der Waals surface area contributed by atoms with Gasteiger partial charge in [-0.15, -0.1) is 0 Å². The fraction of sp³-hybridized carbons (Fsp3) is 0.208. The molecule has 0 saturated heterocycles. The van der Waals surface area contributed by atoms with E-state index < -0.39 is 39.2 Å². The molecule has 0 fully saturated rings. The van der Waals surface area contributed by atoms with Crippen LogP contribution in [0.15, 0.2) is 65.6 Å². The first-order valence-corrected chi connectivity index (χ1v) is 12.2. The van der Waals surface area contributed by atoms with E-state index in [1.54, 1.807) is 19.1 Å². The number of hydrogen-bond acceptors (Lipinski definition) is 5. The summed E-state index contributed by atoms with van der Waals surface area (Å²) in [5.74, 6) is -0.331. The molecule has 0 heterocycles. The number of sulfonamides is 1. The molecule has 3 aromatic rings. The van der Waals surface area contributed by atoms with Crippen molar-refractivity contribution in [2.75, 3.05) is 30.4 Å². The van der Waals surface area contributed by atoms with Crippen molar-refractivity contribution in [2.45, 2.75) is 18.0 Å². The van der Waals surface area contributed by atoms with Crippen LogP contribution in [-0.2, 0) is 21.0 Å². The number of alkyl halides is 3. The Hall–Kier alpha value is -3.44. The third-order valence-corrected chi connectivity index (χ3v) is 7.22. The number of aryl methyl sites for hydroxylation is 1. The van der Waals surface area contributed by atoms with E-state index in [9.17, 15) is 26.4 Å². The molecule has 1 N–H and O–H groups in total. The molecule has 0 saturated carbocycles. The highest BCUT2D eigenvalue weighted by atomic mass is 35.5. The lowest BCUT2D eigenvalue weighted by molar-refractivity contribution is -0.137. The van der Waals surface area contributed by atoms with E-state index in [4.69, 9.17) is 21.1 Å². The average Bonchev–Trinajstić information content (AvgIpc) is 2.82. The number of methoxy groups -OCH3 is 2. The number of benzene rings is 3. The lowest BCUT2D eigenvalue weighted by Crippen LogP contribution is -2.38. The number of halogens is 4. The minimum Gasteiger partial charge on any atom is -0.493 e. The second-order valence-corrected chi connectivity index (χ2v) is 9.87. The van der Waals surface area contributed by atoms with Crippen LogP contribution in [0, 0.1) is 6.92 Å². The minimum atomic E-state index is -4.74. The van der Waals surface area contributed by atoms with E-state index >= 15 is 0 Å². The maximum Gasteiger partial charge on any atom is 0.417 e. The van der Waals surface area contributed by atoms with Gasteiger partial charge in [0.2, 0.25) is 5.91 Å². The molecule has 12 heteroatoms. The van der Waals surface area contributed by atoms with Crippen LogP contribution in [0.1, 0.15) is 11.1 Å². The van der Waals surface area contributed by atoms with Crippen LogP contribution in [-0.4, -0.2) is 35.1 Å². The second kappa shape index (κ2) is 10.7. The summed E-state index contributed by atoms with van der Waals surface area (Å²) in [5, 5.41) is 1.77. The van der Waals surface area contributed by atoms with Crippen LogP contribution < -0.4 is 19.1 Å². The molecule has 3 rings (SSSR count). The Morgan fingerprint density at radius 1 is 0.972 bits per heavy atom. The summed E-state index contributed by atoms with van der Waals surface area (Å²) in [6.07, 6.45) is -4.74. The van der Waals surface area contributed by atoms with Crippen LogP contribution in [0.25, 0.3) is 0 Å².